The lowest BCUT2D eigenvalue weighted by molar-refractivity contribution is -0.122. The Bertz CT molecular complexity index is 835. The molecule has 1 fully saturated rings. The van der Waals surface area contributed by atoms with Gasteiger partial charge in [0, 0.05) is 56.2 Å². The molecule has 29 heavy (non-hydrogen) atoms. The topological polar surface area (TPSA) is 70.5 Å². The molecule has 1 amide bonds. The molecule has 1 aliphatic rings. The maximum absolute atomic E-state index is 12.2. The predicted molar refractivity (Wildman–Crippen MR) is 114 cm³/mol. The molecule has 0 aliphatic carbocycles. The molecular formula is C22H31N5O2. The second-order valence-electron chi connectivity index (χ2n) is 7.72. The number of Topliss-reactive ketones (excluding diaryl/α,β-unsaturated/α-hetero) is 1. The Hall–Kier alpha value is -2.67. The minimum atomic E-state index is 0.0811. The third-order valence-electron chi connectivity index (χ3n) is 5.35. The maximum atomic E-state index is 12.2. The van der Waals surface area contributed by atoms with Crippen LogP contribution in [-0.4, -0.2) is 65.6 Å². The van der Waals surface area contributed by atoms with Crippen molar-refractivity contribution >= 4 is 17.4 Å². The van der Waals surface area contributed by atoms with Crippen LogP contribution in [0.2, 0.25) is 0 Å². The molecule has 0 bridgehead atoms. The van der Waals surface area contributed by atoms with Crippen LogP contribution in [0.4, 0.5) is 5.69 Å². The Labute approximate surface area is 172 Å². The van der Waals surface area contributed by atoms with E-state index in [-0.39, 0.29) is 11.7 Å². The highest BCUT2D eigenvalue weighted by Crippen LogP contribution is 2.17. The van der Waals surface area contributed by atoms with Crippen LogP contribution in [0.15, 0.2) is 30.3 Å². The van der Waals surface area contributed by atoms with Gasteiger partial charge in [-0.25, -0.2) is 0 Å². The summed E-state index contributed by atoms with van der Waals surface area (Å²) in [5.41, 5.74) is 4.05. The second kappa shape index (κ2) is 9.69. The van der Waals surface area contributed by atoms with Gasteiger partial charge in [0.15, 0.2) is 5.78 Å². The molecule has 1 aromatic heterocycles. The van der Waals surface area contributed by atoms with Crippen LogP contribution in [0.5, 0.6) is 0 Å². The molecule has 1 saturated heterocycles. The van der Waals surface area contributed by atoms with Crippen LogP contribution in [0.3, 0.4) is 0 Å². The lowest BCUT2D eigenvalue weighted by atomic mass is 10.1. The van der Waals surface area contributed by atoms with E-state index in [2.05, 4.69) is 33.2 Å². The van der Waals surface area contributed by atoms with Gasteiger partial charge in [0.25, 0.3) is 0 Å². The zero-order chi connectivity index (χ0) is 20.8. The minimum absolute atomic E-state index is 0.0811. The normalized spacial score (nSPS) is 14.8. The number of ketones is 1. The zero-order valence-corrected chi connectivity index (χ0v) is 17.6. The van der Waals surface area contributed by atoms with Gasteiger partial charge in [-0.1, -0.05) is 0 Å². The Balaban J connectivity index is 1.35. The van der Waals surface area contributed by atoms with Crippen molar-refractivity contribution in [1.82, 2.24) is 20.0 Å². The van der Waals surface area contributed by atoms with Gasteiger partial charge in [-0.15, -0.1) is 0 Å². The first-order valence-corrected chi connectivity index (χ1v) is 10.3. The van der Waals surface area contributed by atoms with E-state index in [1.165, 1.54) is 0 Å². The zero-order valence-electron chi connectivity index (χ0n) is 17.6. The number of rotatable bonds is 8. The van der Waals surface area contributed by atoms with Crippen molar-refractivity contribution in [2.24, 2.45) is 0 Å². The standard InChI is InChI=1S/C22H31N5O2/c1-17-15-18(2)27(24-17)10-4-9-23-22(29)16-25-11-13-26(14-12-25)21-7-5-20(6-8-21)19(3)28/h5-8,15H,4,9-14,16H2,1-3H3,(H,23,29). The molecule has 7 nitrogen and oxygen atoms in total. The van der Waals surface area contributed by atoms with E-state index in [1.807, 2.05) is 35.9 Å². The second-order valence-corrected chi connectivity index (χ2v) is 7.72. The molecule has 2 aromatic rings. The number of hydrogen-bond acceptors (Lipinski definition) is 5. The van der Waals surface area contributed by atoms with E-state index >= 15 is 0 Å². The molecule has 0 radical (unpaired) electrons. The van der Waals surface area contributed by atoms with Gasteiger partial charge in [-0.05, 0) is 57.5 Å². The fraction of sp³-hybridized carbons (Fsp3) is 0.500. The number of piperazine rings is 1. The number of hydrogen-bond donors (Lipinski definition) is 1. The summed E-state index contributed by atoms with van der Waals surface area (Å²) in [6.45, 7) is 11.0. The lowest BCUT2D eigenvalue weighted by Crippen LogP contribution is -2.49. The molecule has 3 rings (SSSR count). The van der Waals surface area contributed by atoms with Gasteiger partial charge in [0.05, 0.1) is 12.2 Å². The molecule has 1 aromatic carbocycles. The number of nitrogens with one attached hydrogen (secondary N) is 1. The fourth-order valence-electron chi connectivity index (χ4n) is 3.69. The summed E-state index contributed by atoms with van der Waals surface area (Å²) in [5.74, 6) is 0.167. The highest BCUT2D eigenvalue weighted by Gasteiger charge is 2.19. The highest BCUT2D eigenvalue weighted by molar-refractivity contribution is 5.94. The van der Waals surface area contributed by atoms with Gasteiger partial charge < -0.3 is 10.2 Å². The van der Waals surface area contributed by atoms with E-state index in [1.54, 1.807) is 6.92 Å². The Kier molecular flexibility index (Phi) is 7.04. The largest absolute Gasteiger partial charge is 0.369 e. The van der Waals surface area contributed by atoms with Crippen molar-refractivity contribution in [3.05, 3.63) is 47.3 Å². The molecule has 0 spiro atoms. The number of anilines is 1. The first-order chi connectivity index (χ1) is 13.9. The van der Waals surface area contributed by atoms with Crippen molar-refractivity contribution in [2.75, 3.05) is 44.2 Å². The van der Waals surface area contributed by atoms with E-state index in [9.17, 15) is 9.59 Å². The summed E-state index contributed by atoms with van der Waals surface area (Å²) in [5, 5.41) is 7.46. The number of nitrogens with zero attached hydrogens (tertiary/aromatic N) is 4. The van der Waals surface area contributed by atoms with Gasteiger partial charge in [-0.3, -0.25) is 19.2 Å². The average molecular weight is 398 g/mol. The van der Waals surface area contributed by atoms with Crippen molar-refractivity contribution in [3.63, 3.8) is 0 Å². The van der Waals surface area contributed by atoms with Crippen molar-refractivity contribution in [2.45, 2.75) is 33.7 Å². The SMILES string of the molecule is CC(=O)c1ccc(N2CCN(CC(=O)NCCCn3nc(C)cc3C)CC2)cc1. The average Bonchev–Trinajstić information content (AvgIpc) is 3.03. The number of carbonyl (C=O) groups excluding carboxylic acids is 2. The third kappa shape index (κ3) is 5.90. The van der Waals surface area contributed by atoms with Crippen LogP contribution in [0, 0.1) is 13.8 Å². The number of amides is 1. The number of aryl methyl sites for hydroxylation is 3. The Morgan fingerprint density at radius 1 is 1.07 bits per heavy atom. The van der Waals surface area contributed by atoms with Gasteiger partial charge in [0.1, 0.15) is 0 Å². The lowest BCUT2D eigenvalue weighted by Gasteiger charge is -2.35. The van der Waals surface area contributed by atoms with E-state index in [0.29, 0.717) is 13.1 Å². The molecular weight excluding hydrogens is 366 g/mol. The van der Waals surface area contributed by atoms with Crippen molar-refractivity contribution in [1.29, 1.82) is 0 Å². The Morgan fingerprint density at radius 2 is 1.76 bits per heavy atom. The molecule has 0 atom stereocenters. The summed E-state index contributed by atoms with van der Waals surface area (Å²) < 4.78 is 1.99. The summed E-state index contributed by atoms with van der Waals surface area (Å²) in [7, 11) is 0. The molecule has 1 aliphatic heterocycles. The van der Waals surface area contributed by atoms with Crippen molar-refractivity contribution < 1.29 is 9.59 Å². The van der Waals surface area contributed by atoms with E-state index in [4.69, 9.17) is 0 Å². The van der Waals surface area contributed by atoms with E-state index < -0.39 is 0 Å². The molecule has 1 N–H and O–H groups in total. The molecule has 2 heterocycles. The van der Waals surface area contributed by atoms with Gasteiger partial charge in [0.2, 0.25) is 5.91 Å². The molecule has 0 saturated carbocycles. The minimum Gasteiger partial charge on any atom is -0.369 e. The summed E-state index contributed by atoms with van der Waals surface area (Å²) >= 11 is 0. The molecule has 156 valence electrons. The predicted octanol–water partition coefficient (Wildman–Crippen LogP) is 2.03. The Morgan fingerprint density at radius 3 is 2.34 bits per heavy atom. The highest BCUT2D eigenvalue weighted by atomic mass is 16.2. The maximum Gasteiger partial charge on any atom is 0.234 e. The summed E-state index contributed by atoms with van der Waals surface area (Å²) in [4.78, 5) is 28.1. The number of carbonyl (C=O) groups is 2. The van der Waals surface area contributed by atoms with Crippen LogP contribution < -0.4 is 10.2 Å². The van der Waals surface area contributed by atoms with Crippen LogP contribution in [-0.2, 0) is 11.3 Å². The monoisotopic (exact) mass is 397 g/mol. The van der Waals surface area contributed by atoms with Crippen LogP contribution >= 0.6 is 0 Å². The third-order valence-corrected chi connectivity index (χ3v) is 5.35. The van der Waals surface area contributed by atoms with Crippen LogP contribution in [0.25, 0.3) is 0 Å². The number of aromatic nitrogens is 2. The fourth-order valence-corrected chi connectivity index (χ4v) is 3.69. The first kappa shape index (κ1) is 21.0. The van der Waals surface area contributed by atoms with Gasteiger partial charge >= 0.3 is 0 Å². The summed E-state index contributed by atoms with van der Waals surface area (Å²) in [6, 6.07) is 9.83. The molecule has 7 heteroatoms. The van der Waals surface area contributed by atoms with Gasteiger partial charge in [-0.2, -0.15) is 5.10 Å². The molecule has 0 unspecified atom stereocenters. The van der Waals surface area contributed by atoms with Crippen LogP contribution in [0.1, 0.15) is 35.1 Å². The quantitative estimate of drug-likeness (QED) is 0.545. The number of benzene rings is 1. The first-order valence-electron chi connectivity index (χ1n) is 10.3. The van der Waals surface area contributed by atoms with Crippen molar-refractivity contribution in [3.8, 4) is 0 Å². The smallest absolute Gasteiger partial charge is 0.234 e. The van der Waals surface area contributed by atoms with E-state index in [0.717, 1.165) is 61.8 Å². The summed E-state index contributed by atoms with van der Waals surface area (Å²) in [6.07, 6.45) is 0.873.